The van der Waals surface area contributed by atoms with E-state index in [2.05, 4.69) is 10.3 Å². The molecule has 66 valence electrons. The van der Waals surface area contributed by atoms with Crippen LogP contribution in [0.4, 0.5) is 0 Å². The van der Waals surface area contributed by atoms with Crippen LogP contribution in [0.5, 0.6) is 0 Å². The molecule has 13 heavy (non-hydrogen) atoms. The lowest BCUT2D eigenvalue weighted by molar-refractivity contribution is 0.277. The molecule has 0 atom stereocenters. The van der Waals surface area contributed by atoms with Crippen LogP contribution in [-0.2, 0) is 0 Å². The SMILES string of the molecule is N=c1c2ccccc2nnn1OI. The molecule has 0 aliphatic heterocycles. The molecule has 0 bridgehead atoms. The average Bonchev–Trinajstić information content (AvgIpc) is 2.19. The van der Waals surface area contributed by atoms with Crippen molar-refractivity contribution in [2.45, 2.75) is 0 Å². The van der Waals surface area contributed by atoms with E-state index in [0.29, 0.717) is 10.9 Å². The van der Waals surface area contributed by atoms with Crippen molar-refractivity contribution in [2.24, 2.45) is 0 Å². The minimum absolute atomic E-state index is 0.194. The van der Waals surface area contributed by atoms with Crippen LogP contribution in [0.15, 0.2) is 24.3 Å². The largest absolute Gasteiger partial charge is 0.325 e. The molecule has 0 amide bonds. The smallest absolute Gasteiger partial charge is 0.230 e. The summed E-state index contributed by atoms with van der Waals surface area (Å²) < 4.78 is 4.78. The van der Waals surface area contributed by atoms with Gasteiger partial charge in [-0.25, -0.2) is 0 Å². The summed E-state index contributed by atoms with van der Waals surface area (Å²) in [5.41, 5.74) is 0.886. The van der Waals surface area contributed by atoms with Crippen LogP contribution >= 0.6 is 23.0 Å². The average molecular weight is 288 g/mol. The molecule has 2 rings (SSSR count). The number of nitrogens with one attached hydrogen (secondary N) is 1. The summed E-state index contributed by atoms with van der Waals surface area (Å²) in [6.45, 7) is 0. The summed E-state index contributed by atoms with van der Waals surface area (Å²) in [6, 6.07) is 7.31. The molecule has 0 aliphatic carbocycles. The molecule has 1 heterocycles. The van der Waals surface area contributed by atoms with Crippen LogP contribution in [0.3, 0.4) is 0 Å². The Morgan fingerprint density at radius 2 is 2.15 bits per heavy atom. The zero-order valence-electron chi connectivity index (χ0n) is 6.44. The highest BCUT2D eigenvalue weighted by atomic mass is 127. The summed E-state index contributed by atoms with van der Waals surface area (Å²) in [5.74, 6) is 0. The number of halogens is 1. The summed E-state index contributed by atoms with van der Waals surface area (Å²) in [4.78, 5) is 1.06. The molecule has 0 unspecified atom stereocenters. The van der Waals surface area contributed by atoms with Crippen LogP contribution in [0, 0.1) is 5.41 Å². The van der Waals surface area contributed by atoms with E-state index in [1.807, 2.05) is 12.1 Å². The van der Waals surface area contributed by atoms with Crippen molar-refractivity contribution in [1.29, 1.82) is 5.41 Å². The van der Waals surface area contributed by atoms with Gasteiger partial charge in [-0.2, -0.15) is 0 Å². The molecule has 0 saturated heterocycles. The molecule has 6 heteroatoms. The predicted molar refractivity (Wildman–Crippen MR) is 54.0 cm³/mol. The minimum atomic E-state index is 0.194. The second-order valence-corrected chi connectivity index (χ2v) is 2.79. The van der Waals surface area contributed by atoms with Crippen LogP contribution in [0.25, 0.3) is 10.9 Å². The first kappa shape index (κ1) is 8.42. The number of aromatic nitrogens is 3. The van der Waals surface area contributed by atoms with Gasteiger partial charge in [0.15, 0.2) is 5.49 Å². The molecule has 0 fully saturated rings. The molecule has 1 aromatic heterocycles. The van der Waals surface area contributed by atoms with Crippen molar-refractivity contribution < 1.29 is 3.17 Å². The van der Waals surface area contributed by atoms with Crippen molar-refractivity contribution in [3.05, 3.63) is 29.8 Å². The van der Waals surface area contributed by atoms with Crippen LogP contribution in [-0.4, -0.2) is 15.2 Å². The molecule has 0 spiro atoms. The first-order valence-electron chi connectivity index (χ1n) is 3.51. The Bertz CT molecular complexity index is 495. The van der Waals surface area contributed by atoms with Crippen LogP contribution in [0.2, 0.25) is 0 Å². The molecule has 0 radical (unpaired) electrons. The first-order valence-corrected chi connectivity index (χ1v) is 4.39. The third-order valence-electron chi connectivity index (χ3n) is 1.65. The second-order valence-electron chi connectivity index (χ2n) is 2.40. The van der Waals surface area contributed by atoms with E-state index in [-0.39, 0.29) is 5.49 Å². The second kappa shape index (κ2) is 3.29. The number of hydrogen-bond acceptors (Lipinski definition) is 4. The predicted octanol–water partition coefficient (Wildman–Crippen LogP) is 0.689. The van der Waals surface area contributed by atoms with E-state index in [1.54, 1.807) is 35.1 Å². The Balaban J connectivity index is 2.87. The van der Waals surface area contributed by atoms with E-state index in [9.17, 15) is 0 Å². The lowest BCUT2D eigenvalue weighted by Gasteiger charge is -2.00. The van der Waals surface area contributed by atoms with Gasteiger partial charge in [0, 0.05) is 5.39 Å². The normalized spacial score (nSPS) is 10.2. The highest BCUT2D eigenvalue weighted by molar-refractivity contribution is 14.1. The molecular weight excluding hydrogens is 283 g/mol. The number of rotatable bonds is 1. The van der Waals surface area contributed by atoms with Crippen molar-refractivity contribution >= 4 is 33.9 Å². The third-order valence-corrected chi connectivity index (χ3v) is 2.02. The summed E-state index contributed by atoms with van der Waals surface area (Å²) >= 11 is 1.65. The van der Waals surface area contributed by atoms with Gasteiger partial charge in [-0.1, -0.05) is 17.0 Å². The van der Waals surface area contributed by atoms with Gasteiger partial charge in [0.25, 0.3) is 0 Å². The lowest BCUT2D eigenvalue weighted by Crippen LogP contribution is -2.26. The zero-order valence-corrected chi connectivity index (χ0v) is 8.59. The van der Waals surface area contributed by atoms with E-state index < -0.39 is 0 Å². The molecule has 1 aromatic carbocycles. The highest BCUT2D eigenvalue weighted by Crippen LogP contribution is 2.02. The summed E-state index contributed by atoms with van der Waals surface area (Å²) in [6.07, 6.45) is 0. The number of fused-ring (bicyclic) bond motifs is 1. The van der Waals surface area contributed by atoms with Gasteiger partial charge < -0.3 is 3.17 Å². The van der Waals surface area contributed by atoms with Gasteiger partial charge in [-0.3, -0.25) is 5.41 Å². The number of nitrogens with zero attached hydrogens (tertiary/aromatic N) is 3. The standard InChI is InChI=1S/C7H5IN4O/c8-13-12-7(9)5-3-1-2-4-6(5)10-11-12/h1-4,9H. The molecule has 2 aromatic rings. The highest BCUT2D eigenvalue weighted by Gasteiger charge is 2.00. The van der Waals surface area contributed by atoms with Crippen molar-refractivity contribution in [3.63, 3.8) is 0 Å². The molecule has 1 N–H and O–H groups in total. The van der Waals surface area contributed by atoms with Gasteiger partial charge in [-0.15, -0.1) is 5.10 Å². The molecule has 0 aliphatic rings. The Hall–Kier alpha value is -1.18. The monoisotopic (exact) mass is 288 g/mol. The van der Waals surface area contributed by atoms with E-state index in [1.165, 1.54) is 0 Å². The van der Waals surface area contributed by atoms with Crippen molar-refractivity contribution in [2.75, 3.05) is 0 Å². The fourth-order valence-electron chi connectivity index (χ4n) is 1.05. The fraction of sp³-hybridized carbons (Fsp3) is 0. The molecule has 0 saturated carbocycles. The maximum absolute atomic E-state index is 7.67. The van der Waals surface area contributed by atoms with Gasteiger partial charge in [0.2, 0.25) is 23.0 Å². The molecular formula is C7H5IN4O. The van der Waals surface area contributed by atoms with Gasteiger partial charge in [0.1, 0.15) is 0 Å². The fourth-order valence-corrected chi connectivity index (χ4v) is 1.32. The van der Waals surface area contributed by atoms with Gasteiger partial charge in [-0.05, 0) is 17.3 Å². The quantitative estimate of drug-likeness (QED) is 0.785. The van der Waals surface area contributed by atoms with E-state index in [4.69, 9.17) is 8.58 Å². The van der Waals surface area contributed by atoms with Crippen LogP contribution < -0.4 is 8.65 Å². The maximum atomic E-state index is 7.67. The topological polar surface area (TPSA) is 63.8 Å². The van der Waals surface area contributed by atoms with E-state index in [0.717, 1.165) is 4.85 Å². The van der Waals surface area contributed by atoms with Gasteiger partial charge >= 0.3 is 0 Å². The van der Waals surface area contributed by atoms with Gasteiger partial charge in [0.05, 0.1) is 5.52 Å². The number of benzene rings is 1. The Morgan fingerprint density at radius 3 is 2.92 bits per heavy atom. The number of hydrogen-bond donors (Lipinski definition) is 1. The Kier molecular flexibility index (Phi) is 2.13. The van der Waals surface area contributed by atoms with E-state index >= 15 is 0 Å². The van der Waals surface area contributed by atoms with Crippen molar-refractivity contribution in [1.82, 2.24) is 15.2 Å². The summed E-state index contributed by atoms with van der Waals surface area (Å²) in [5, 5.41) is 15.9. The minimum Gasteiger partial charge on any atom is -0.325 e. The maximum Gasteiger partial charge on any atom is 0.230 e. The Labute approximate surface area is 87.5 Å². The third kappa shape index (κ3) is 1.37. The zero-order chi connectivity index (χ0) is 9.26. The summed E-state index contributed by atoms with van der Waals surface area (Å²) in [7, 11) is 0. The van der Waals surface area contributed by atoms with Crippen LogP contribution in [0.1, 0.15) is 0 Å². The van der Waals surface area contributed by atoms with Crippen molar-refractivity contribution in [3.8, 4) is 0 Å². The lowest BCUT2D eigenvalue weighted by atomic mass is 10.2. The first-order chi connectivity index (χ1) is 6.33. The Morgan fingerprint density at radius 1 is 1.38 bits per heavy atom. The molecule has 5 nitrogen and oxygen atoms in total.